The van der Waals surface area contributed by atoms with Gasteiger partial charge in [-0.15, -0.1) is 11.8 Å². The van der Waals surface area contributed by atoms with Crippen LogP contribution in [0.3, 0.4) is 0 Å². The van der Waals surface area contributed by atoms with Gasteiger partial charge < -0.3 is 4.74 Å². The van der Waals surface area contributed by atoms with Crippen molar-refractivity contribution in [1.29, 1.82) is 0 Å². The van der Waals surface area contributed by atoms with Crippen molar-refractivity contribution < 1.29 is 9.53 Å². The highest BCUT2D eigenvalue weighted by Gasteiger charge is 2.08. The van der Waals surface area contributed by atoms with Crippen molar-refractivity contribution in [2.45, 2.75) is 12.2 Å². The summed E-state index contributed by atoms with van der Waals surface area (Å²) in [5.74, 6) is 0.241. The molecule has 1 aromatic rings. The van der Waals surface area contributed by atoms with Gasteiger partial charge in [-0.05, 0) is 12.5 Å². The van der Waals surface area contributed by atoms with Gasteiger partial charge in [-0.1, -0.05) is 30.3 Å². The van der Waals surface area contributed by atoms with Gasteiger partial charge in [0.1, 0.15) is 0 Å². The van der Waals surface area contributed by atoms with Crippen LogP contribution in [0.2, 0.25) is 0 Å². The Morgan fingerprint density at radius 2 is 2.07 bits per heavy atom. The van der Waals surface area contributed by atoms with Gasteiger partial charge in [-0.25, -0.2) is 0 Å². The van der Waals surface area contributed by atoms with E-state index in [4.69, 9.17) is 0 Å². The molecule has 0 amide bonds. The molecule has 0 heterocycles. The number of carbonyl (C=O) groups excluding carboxylic acids is 1. The third-order valence-corrected chi connectivity index (χ3v) is 3.12. The molecule has 2 nitrogen and oxygen atoms in total. The Bertz CT molecular complexity index is 285. The van der Waals surface area contributed by atoms with E-state index in [1.807, 2.05) is 18.2 Å². The number of rotatable bonds is 4. The number of methoxy groups -OCH3 is 1. The summed E-state index contributed by atoms with van der Waals surface area (Å²) < 4.78 is 4.58. The Hall–Kier alpha value is -0.960. The van der Waals surface area contributed by atoms with Gasteiger partial charge in [0.05, 0.1) is 12.9 Å². The Labute approximate surface area is 88.7 Å². The van der Waals surface area contributed by atoms with Crippen LogP contribution in [0, 0.1) is 0 Å². The highest BCUT2D eigenvalue weighted by molar-refractivity contribution is 8.00. The molecule has 0 aliphatic carbocycles. The van der Waals surface area contributed by atoms with Gasteiger partial charge >= 0.3 is 5.97 Å². The van der Waals surface area contributed by atoms with Crippen LogP contribution in [0.15, 0.2) is 30.3 Å². The summed E-state index contributed by atoms with van der Waals surface area (Å²) in [6.07, 6.45) is 0. The molecule has 76 valence electrons. The van der Waals surface area contributed by atoms with Crippen molar-refractivity contribution in [3.05, 3.63) is 35.9 Å². The topological polar surface area (TPSA) is 26.3 Å². The molecular weight excluding hydrogens is 196 g/mol. The van der Waals surface area contributed by atoms with Crippen LogP contribution in [-0.4, -0.2) is 18.8 Å². The summed E-state index contributed by atoms with van der Waals surface area (Å²) in [6.45, 7) is 2.09. The van der Waals surface area contributed by atoms with Crippen LogP contribution in [0.25, 0.3) is 0 Å². The first-order valence-corrected chi connectivity index (χ1v) is 5.52. The highest BCUT2D eigenvalue weighted by atomic mass is 32.2. The third kappa shape index (κ3) is 3.42. The van der Waals surface area contributed by atoms with Crippen molar-refractivity contribution >= 4 is 17.7 Å². The zero-order valence-electron chi connectivity index (χ0n) is 8.40. The van der Waals surface area contributed by atoms with E-state index in [1.54, 1.807) is 11.8 Å². The Morgan fingerprint density at radius 1 is 1.43 bits per heavy atom. The molecular formula is C11H14O2S. The smallest absolute Gasteiger partial charge is 0.315 e. The minimum Gasteiger partial charge on any atom is -0.468 e. The molecule has 0 bridgehead atoms. The van der Waals surface area contributed by atoms with Crippen molar-refractivity contribution in [3.63, 3.8) is 0 Å². The highest BCUT2D eigenvalue weighted by Crippen LogP contribution is 2.27. The minimum atomic E-state index is -0.169. The van der Waals surface area contributed by atoms with Gasteiger partial charge in [0.2, 0.25) is 0 Å². The fraction of sp³-hybridized carbons (Fsp3) is 0.364. The zero-order chi connectivity index (χ0) is 10.4. The number of carbonyl (C=O) groups is 1. The van der Waals surface area contributed by atoms with E-state index in [0.29, 0.717) is 11.0 Å². The van der Waals surface area contributed by atoms with Crippen LogP contribution >= 0.6 is 11.8 Å². The summed E-state index contributed by atoms with van der Waals surface area (Å²) in [7, 11) is 1.41. The van der Waals surface area contributed by atoms with Crippen molar-refractivity contribution in [1.82, 2.24) is 0 Å². The van der Waals surface area contributed by atoms with Crippen LogP contribution in [0.1, 0.15) is 17.7 Å². The van der Waals surface area contributed by atoms with E-state index in [-0.39, 0.29) is 5.97 Å². The van der Waals surface area contributed by atoms with E-state index in [9.17, 15) is 4.79 Å². The maximum Gasteiger partial charge on any atom is 0.315 e. The van der Waals surface area contributed by atoms with Crippen molar-refractivity contribution in [2.75, 3.05) is 12.9 Å². The van der Waals surface area contributed by atoms with E-state index in [1.165, 1.54) is 12.7 Å². The molecule has 0 radical (unpaired) electrons. The summed E-state index contributed by atoms with van der Waals surface area (Å²) >= 11 is 1.59. The first kappa shape index (κ1) is 11.1. The van der Waals surface area contributed by atoms with E-state index in [2.05, 4.69) is 23.8 Å². The first-order valence-electron chi connectivity index (χ1n) is 4.47. The Morgan fingerprint density at radius 3 is 2.64 bits per heavy atom. The summed E-state index contributed by atoms with van der Waals surface area (Å²) in [6, 6.07) is 10.1. The molecule has 1 aromatic carbocycles. The van der Waals surface area contributed by atoms with Crippen molar-refractivity contribution in [2.24, 2.45) is 0 Å². The van der Waals surface area contributed by atoms with Gasteiger partial charge in [-0.3, -0.25) is 4.79 Å². The average Bonchev–Trinajstić information content (AvgIpc) is 2.26. The number of hydrogen-bond donors (Lipinski definition) is 0. The molecule has 0 aliphatic rings. The number of hydrogen-bond acceptors (Lipinski definition) is 3. The lowest BCUT2D eigenvalue weighted by atomic mass is 10.2. The molecule has 0 spiro atoms. The summed E-state index contributed by atoms with van der Waals surface area (Å²) in [5, 5.41) is 0.329. The number of ether oxygens (including phenoxy) is 1. The second-order valence-corrected chi connectivity index (χ2v) is 4.27. The van der Waals surface area contributed by atoms with Crippen LogP contribution in [0.4, 0.5) is 0 Å². The summed E-state index contributed by atoms with van der Waals surface area (Å²) in [4.78, 5) is 10.9. The van der Waals surface area contributed by atoms with Gasteiger partial charge in [0.25, 0.3) is 0 Å². The second kappa shape index (κ2) is 5.70. The molecule has 14 heavy (non-hydrogen) atoms. The molecule has 3 heteroatoms. The Kier molecular flexibility index (Phi) is 4.53. The van der Waals surface area contributed by atoms with Gasteiger partial charge in [0, 0.05) is 5.25 Å². The fourth-order valence-corrected chi connectivity index (χ4v) is 1.93. The predicted molar refractivity (Wildman–Crippen MR) is 59.3 cm³/mol. The van der Waals surface area contributed by atoms with E-state index in [0.717, 1.165) is 0 Å². The molecule has 1 atom stereocenters. The third-order valence-electron chi connectivity index (χ3n) is 1.95. The molecule has 0 saturated carbocycles. The van der Waals surface area contributed by atoms with Crippen LogP contribution in [-0.2, 0) is 9.53 Å². The molecule has 1 rings (SSSR count). The number of esters is 1. The van der Waals surface area contributed by atoms with Gasteiger partial charge in [-0.2, -0.15) is 0 Å². The van der Waals surface area contributed by atoms with Crippen molar-refractivity contribution in [3.8, 4) is 0 Å². The molecule has 0 aliphatic heterocycles. The molecule has 0 saturated heterocycles. The lowest BCUT2D eigenvalue weighted by Gasteiger charge is -2.09. The standard InChI is InChI=1S/C11H14O2S/c1-9(14-8-11(12)13-2)10-6-4-3-5-7-10/h3-7,9H,8H2,1-2H3/t9-/m1/s1. The lowest BCUT2D eigenvalue weighted by molar-refractivity contribution is -0.137. The largest absolute Gasteiger partial charge is 0.468 e. The first-order chi connectivity index (χ1) is 6.74. The summed E-state index contributed by atoms with van der Waals surface area (Å²) in [5.41, 5.74) is 1.24. The van der Waals surface area contributed by atoms with E-state index >= 15 is 0 Å². The van der Waals surface area contributed by atoms with Crippen LogP contribution in [0.5, 0.6) is 0 Å². The molecule has 0 N–H and O–H groups in total. The lowest BCUT2D eigenvalue weighted by Crippen LogP contribution is -2.04. The molecule has 0 aromatic heterocycles. The van der Waals surface area contributed by atoms with Crippen LogP contribution < -0.4 is 0 Å². The fourth-order valence-electron chi connectivity index (χ4n) is 1.07. The second-order valence-electron chi connectivity index (χ2n) is 2.94. The Balaban J connectivity index is 2.43. The molecule has 0 fully saturated rings. The quantitative estimate of drug-likeness (QED) is 0.715. The zero-order valence-corrected chi connectivity index (χ0v) is 9.21. The normalized spacial score (nSPS) is 12.1. The minimum absolute atomic E-state index is 0.169. The number of thioether (sulfide) groups is 1. The SMILES string of the molecule is COC(=O)CS[C@H](C)c1ccccc1. The van der Waals surface area contributed by atoms with Gasteiger partial charge in [0.15, 0.2) is 0 Å². The predicted octanol–water partition coefficient (Wildman–Crippen LogP) is 2.65. The maximum atomic E-state index is 10.9. The number of benzene rings is 1. The molecule has 0 unspecified atom stereocenters. The van der Waals surface area contributed by atoms with E-state index < -0.39 is 0 Å². The average molecular weight is 210 g/mol. The monoisotopic (exact) mass is 210 g/mol. The maximum absolute atomic E-state index is 10.9.